The topological polar surface area (TPSA) is 52.6 Å². The van der Waals surface area contributed by atoms with Crippen LogP contribution in [0.5, 0.6) is 11.5 Å². The van der Waals surface area contributed by atoms with Gasteiger partial charge in [-0.3, -0.25) is 0 Å². The lowest BCUT2D eigenvalue weighted by atomic mass is 9.78. The monoisotopic (exact) mass is 534 g/mol. The lowest BCUT2D eigenvalue weighted by molar-refractivity contribution is 0.272. The maximum absolute atomic E-state index is 11.8. The Morgan fingerprint density at radius 3 is 1.73 bits per heavy atom. The molecule has 0 spiro atoms. The maximum Gasteiger partial charge on any atom is 0.150 e. The van der Waals surface area contributed by atoms with Crippen molar-refractivity contribution in [3.8, 4) is 11.5 Å². The molecule has 184 valence electrons. The first-order valence-electron chi connectivity index (χ1n) is 11.0. The average molecular weight is 536 g/mol. The van der Waals surface area contributed by atoms with E-state index >= 15 is 0 Å². The second-order valence-corrected chi connectivity index (χ2v) is 12.6. The first kappa shape index (κ1) is 28.1. The van der Waals surface area contributed by atoms with Crippen molar-refractivity contribution >= 4 is 44.6 Å². The van der Waals surface area contributed by atoms with Crippen molar-refractivity contribution in [3.05, 3.63) is 57.6 Å². The number of ether oxygens (including phenoxy) is 2. The largest absolute Gasteiger partial charge is 0.492 e. The van der Waals surface area contributed by atoms with E-state index in [2.05, 4.69) is 13.8 Å². The molecule has 0 aromatic heterocycles. The van der Waals surface area contributed by atoms with E-state index in [1.807, 2.05) is 50.2 Å². The molecule has 0 aliphatic heterocycles. The Hall–Kier alpha value is -1.14. The Labute approximate surface area is 213 Å². The highest BCUT2D eigenvalue weighted by atomic mass is 35.5. The van der Waals surface area contributed by atoms with E-state index in [0.29, 0.717) is 34.0 Å². The quantitative estimate of drug-likeness (QED) is 0.274. The SMILES string of the molecule is CCS(=O)(=O)C[C@H](C)COc1ccc(C(C)(C)c2ccc(OC[C@@H](C)CCl)c(Cl)c2)cc1Cl. The Kier molecular flexibility index (Phi) is 10.2. The summed E-state index contributed by atoms with van der Waals surface area (Å²) >= 11 is 18.8. The molecule has 2 rings (SSSR count). The predicted octanol–water partition coefficient (Wildman–Crippen LogP) is 7.02. The standard InChI is InChI=1S/C25H33Cl3O4S/c1-6-33(29,30)16-18(3)15-32-24-10-8-20(12-22(24)28)25(4,5)19-7-9-23(21(27)11-19)31-14-17(2)13-26/h7-12,17-18H,6,13-16H2,1-5H3/t17-,18+/m0/s1. The van der Waals surface area contributed by atoms with Gasteiger partial charge >= 0.3 is 0 Å². The summed E-state index contributed by atoms with van der Waals surface area (Å²) in [6.07, 6.45) is 0. The van der Waals surface area contributed by atoms with Gasteiger partial charge in [0.15, 0.2) is 0 Å². The van der Waals surface area contributed by atoms with E-state index in [4.69, 9.17) is 44.3 Å². The molecular formula is C25H33Cl3O4S. The minimum Gasteiger partial charge on any atom is -0.492 e. The fourth-order valence-electron chi connectivity index (χ4n) is 3.29. The summed E-state index contributed by atoms with van der Waals surface area (Å²) in [4.78, 5) is 0. The highest BCUT2D eigenvalue weighted by Crippen LogP contribution is 2.38. The number of rotatable bonds is 12. The van der Waals surface area contributed by atoms with Crippen LogP contribution in [0.4, 0.5) is 0 Å². The van der Waals surface area contributed by atoms with Gasteiger partial charge in [-0.2, -0.15) is 0 Å². The fourth-order valence-corrected chi connectivity index (χ4v) is 5.05. The van der Waals surface area contributed by atoms with Crippen molar-refractivity contribution in [1.82, 2.24) is 0 Å². The van der Waals surface area contributed by atoms with Crippen molar-refractivity contribution in [2.75, 3.05) is 30.6 Å². The number of benzene rings is 2. The van der Waals surface area contributed by atoms with Crippen LogP contribution in [0.25, 0.3) is 0 Å². The molecule has 0 heterocycles. The molecule has 0 saturated heterocycles. The van der Waals surface area contributed by atoms with Gasteiger partial charge in [0.25, 0.3) is 0 Å². The highest BCUT2D eigenvalue weighted by Gasteiger charge is 2.25. The molecule has 8 heteroatoms. The molecule has 0 fully saturated rings. The Morgan fingerprint density at radius 1 is 0.879 bits per heavy atom. The first-order chi connectivity index (χ1) is 15.4. The van der Waals surface area contributed by atoms with Gasteiger partial charge in [-0.1, -0.05) is 70.0 Å². The van der Waals surface area contributed by atoms with E-state index in [1.54, 1.807) is 6.92 Å². The molecule has 4 nitrogen and oxygen atoms in total. The van der Waals surface area contributed by atoms with E-state index < -0.39 is 9.84 Å². The van der Waals surface area contributed by atoms with Crippen molar-refractivity contribution in [2.24, 2.45) is 11.8 Å². The molecule has 0 bridgehead atoms. The third-order valence-electron chi connectivity index (χ3n) is 5.60. The predicted molar refractivity (Wildman–Crippen MR) is 139 cm³/mol. The van der Waals surface area contributed by atoms with Crippen LogP contribution in [-0.4, -0.2) is 39.0 Å². The van der Waals surface area contributed by atoms with Crippen LogP contribution in [0.3, 0.4) is 0 Å². The van der Waals surface area contributed by atoms with Crippen LogP contribution in [0.1, 0.15) is 45.7 Å². The van der Waals surface area contributed by atoms with Crippen molar-refractivity contribution < 1.29 is 17.9 Å². The Bertz CT molecular complexity index is 1040. The molecule has 2 atom stereocenters. The summed E-state index contributed by atoms with van der Waals surface area (Å²) in [6.45, 7) is 10.5. The third kappa shape index (κ3) is 7.95. The van der Waals surface area contributed by atoms with Gasteiger partial charge in [0.1, 0.15) is 21.3 Å². The number of hydrogen-bond acceptors (Lipinski definition) is 4. The summed E-state index contributed by atoms with van der Waals surface area (Å²) in [7, 11) is -3.04. The van der Waals surface area contributed by atoms with E-state index in [1.165, 1.54) is 0 Å². The molecule has 0 unspecified atom stereocenters. The van der Waals surface area contributed by atoms with E-state index in [0.717, 1.165) is 11.1 Å². The fraction of sp³-hybridized carbons (Fsp3) is 0.520. The lowest BCUT2D eigenvalue weighted by Crippen LogP contribution is -2.21. The molecular weight excluding hydrogens is 503 g/mol. The van der Waals surface area contributed by atoms with Gasteiger partial charge in [0, 0.05) is 28.9 Å². The van der Waals surface area contributed by atoms with Gasteiger partial charge in [0.05, 0.1) is 29.0 Å². The zero-order valence-electron chi connectivity index (χ0n) is 19.8. The summed E-state index contributed by atoms with van der Waals surface area (Å²) in [5.41, 5.74) is 1.66. The smallest absolute Gasteiger partial charge is 0.150 e. The van der Waals surface area contributed by atoms with Crippen LogP contribution in [0, 0.1) is 11.8 Å². The molecule has 33 heavy (non-hydrogen) atoms. The number of sulfone groups is 1. The minimum absolute atomic E-state index is 0.0947. The van der Waals surface area contributed by atoms with E-state index in [-0.39, 0.29) is 35.4 Å². The second kappa shape index (κ2) is 12.0. The molecule has 0 saturated carbocycles. The van der Waals surface area contributed by atoms with Crippen molar-refractivity contribution in [1.29, 1.82) is 0 Å². The van der Waals surface area contributed by atoms with E-state index in [9.17, 15) is 8.42 Å². The Balaban J connectivity index is 2.13. The van der Waals surface area contributed by atoms with Crippen LogP contribution in [0.2, 0.25) is 10.0 Å². The summed E-state index contributed by atoms with van der Waals surface area (Å²) in [6, 6.07) is 11.5. The normalized spacial score (nSPS) is 14.1. The zero-order valence-corrected chi connectivity index (χ0v) is 22.9. The van der Waals surface area contributed by atoms with Gasteiger partial charge in [-0.15, -0.1) is 11.6 Å². The zero-order chi connectivity index (χ0) is 24.8. The molecule has 0 aliphatic rings. The van der Waals surface area contributed by atoms with Gasteiger partial charge < -0.3 is 9.47 Å². The molecule has 0 N–H and O–H groups in total. The number of alkyl halides is 1. The molecule has 2 aromatic rings. The maximum atomic E-state index is 11.8. The number of halogens is 3. The van der Waals surface area contributed by atoms with Gasteiger partial charge in [-0.05, 0) is 35.4 Å². The average Bonchev–Trinajstić information content (AvgIpc) is 2.76. The Morgan fingerprint density at radius 2 is 1.33 bits per heavy atom. The third-order valence-corrected chi connectivity index (χ3v) is 8.67. The van der Waals surface area contributed by atoms with Crippen LogP contribution < -0.4 is 9.47 Å². The van der Waals surface area contributed by atoms with Gasteiger partial charge in [-0.25, -0.2) is 8.42 Å². The highest BCUT2D eigenvalue weighted by molar-refractivity contribution is 7.91. The van der Waals surface area contributed by atoms with Crippen molar-refractivity contribution in [3.63, 3.8) is 0 Å². The first-order valence-corrected chi connectivity index (χ1v) is 14.1. The van der Waals surface area contributed by atoms with Crippen LogP contribution in [0.15, 0.2) is 36.4 Å². The summed E-state index contributed by atoms with van der Waals surface area (Å²) < 4.78 is 35.2. The lowest BCUT2D eigenvalue weighted by Gasteiger charge is -2.27. The summed E-state index contributed by atoms with van der Waals surface area (Å²) in [5, 5.41) is 1.02. The molecule has 0 radical (unpaired) electrons. The van der Waals surface area contributed by atoms with Crippen LogP contribution >= 0.6 is 34.8 Å². The summed E-state index contributed by atoms with van der Waals surface area (Å²) in [5.74, 6) is 2.03. The molecule has 0 amide bonds. The number of hydrogen-bond donors (Lipinski definition) is 0. The van der Waals surface area contributed by atoms with Crippen molar-refractivity contribution in [2.45, 2.75) is 40.0 Å². The van der Waals surface area contributed by atoms with Gasteiger partial charge in [0.2, 0.25) is 0 Å². The second-order valence-electron chi connectivity index (χ2n) is 9.10. The minimum atomic E-state index is -3.04. The molecule has 0 aliphatic carbocycles. The van der Waals surface area contributed by atoms with Crippen LogP contribution in [-0.2, 0) is 15.3 Å². The molecule has 2 aromatic carbocycles.